The number of aliphatic hydroxyl groups excluding tert-OH is 1. The first kappa shape index (κ1) is 11.7. The van der Waals surface area contributed by atoms with Crippen LogP contribution in [0.15, 0.2) is 0 Å². The van der Waals surface area contributed by atoms with Crippen LogP contribution in [-0.4, -0.2) is 17.5 Å². The van der Waals surface area contributed by atoms with Crippen molar-refractivity contribution in [3.8, 4) is 0 Å². The van der Waals surface area contributed by atoms with Crippen LogP contribution in [0.3, 0.4) is 0 Å². The summed E-state index contributed by atoms with van der Waals surface area (Å²) in [4.78, 5) is 11.7. The fraction of sp³-hybridized carbons (Fsp3) is 0.917. The van der Waals surface area contributed by atoms with Crippen molar-refractivity contribution < 1.29 is 9.90 Å². The SMILES string of the molecule is CC(CO)C(=O)C(C)CC1CCCC1. The predicted molar refractivity (Wildman–Crippen MR) is 57.0 cm³/mol. The minimum absolute atomic E-state index is 0.00611. The summed E-state index contributed by atoms with van der Waals surface area (Å²) in [6.07, 6.45) is 6.29. The van der Waals surface area contributed by atoms with Crippen LogP contribution in [0.5, 0.6) is 0 Å². The van der Waals surface area contributed by atoms with Crippen LogP contribution in [-0.2, 0) is 4.79 Å². The van der Waals surface area contributed by atoms with Crippen molar-refractivity contribution in [3.63, 3.8) is 0 Å². The molecular formula is C12H22O2. The summed E-state index contributed by atoms with van der Waals surface area (Å²) in [6.45, 7) is 3.81. The summed E-state index contributed by atoms with van der Waals surface area (Å²) in [7, 11) is 0. The molecule has 0 aromatic heterocycles. The Morgan fingerprint density at radius 1 is 1.29 bits per heavy atom. The average Bonchev–Trinajstić information content (AvgIpc) is 2.68. The van der Waals surface area contributed by atoms with Gasteiger partial charge in [0.15, 0.2) is 0 Å². The minimum Gasteiger partial charge on any atom is -0.396 e. The fourth-order valence-corrected chi connectivity index (χ4v) is 2.44. The zero-order valence-electron chi connectivity index (χ0n) is 9.33. The van der Waals surface area contributed by atoms with E-state index in [1.165, 1.54) is 25.7 Å². The van der Waals surface area contributed by atoms with E-state index in [2.05, 4.69) is 0 Å². The van der Waals surface area contributed by atoms with E-state index in [1.807, 2.05) is 13.8 Å². The highest BCUT2D eigenvalue weighted by Gasteiger charge is 2.24. The maximum absolute atomic E-state index is 11.7. The number of carbonyl (C=O) groups is 1. The van der Waals surface area contributed by atoms with Gasteiger partial charge in [0.05, 0.1) is 6.61 Å². The van der Waals surface area contributed by atoms with E-state index in [1.54, 1.807) is 0 Å². The van der Waals surface area contributed by atoms with Gasteiger partial charge in [-0.15, -0.1) is 0 Å². The summed E-state index contributed by atoms with van der Waals surface area (Å²) < 4.78 is 0. The highest BCUT2D eigenvalue weighted by molar-refractivity contribution is 5.82. The molecular weight excluding hydrogens is 176 g/mol. The van der Waals surface area contributed by atoms with Crippen molar-refractivity contribution in [3.05, 3.63) is 0 Å². The van der Waals surface area contributed by atoms with Crippen LogP contribution in [0.1, 0.15) is 46.0 Å². The monoisotopic (exact) mass is 198 g/mol. The van der Waals surface area contributed by atoms with Crippen molar-refractivity contribution in [1.29, 1.82) is 0 Å². The van der Waals surface area contributed by atoms with Crippen molar-refractivity contribution in [2.45, 2.75) is 46.0 Å². The lowest BCUT2D eigenvalue weighted by atomic mass is 9.87. The molecule has 0 bridgehead atoms. The van der Waals surface area contributed by atoms with Crippen molar-refractivity contribution in [1.82, 2.24) is 0 Å². The fourth-order valence-electron chi connectivity index (χ4n) is 2.44. The van der Waals surface area contributed by atoms with Gasteiger partial charge < -0.3 is 5.11 Å². The Balaban J connectivity index is 2.32. The van der Waals surface area contributed by atoms with Gasteiger partial charge in [0, 0.05) is 11.8 Å². The molecule has 0 aromatic rings. The molecule has 0 aromatic carbocycles. The normalized spacial score (nSPS) is 22.2. The van der Waals surface area contributed by atoms with E-state index in [0.29, 0.717) is 0 Å². The van der Waals surface area contributed by atoms with Gasteiger partial charge >= 0.3 is 0 Å². The summed E-state index contributed by atoms with van der Waals surface area (Å²) in [6, 6.07) is 0. The Kier molecular flexibility index (Phi) is 4.59. The number of rotatable bonds is 5. The zero-order valence-corrected chi connectivity index (χ0v) is 9.33. The largest absolute Gasteiger partial charge is 0.396 e. The van der Waals surface area contributed by atoms with E-state index in [-0.39, 0.29) is 24.2 Å². The smallest absolute Gasteiger partial charge is 0.140 e. The Bertz CT molecular complexity index is 183. The van der Waals surface area contributed by atoms with E-state index >= 15 is 0 Å². The number of carbonyl (C=O) groups excluding carboxylic acids is 1. The molecule has 2 atom stereocenters. The molecule has 2 heteroatoms. The third kappa shape index (κ3) is 3.09. The minimum atomic E-state index is -0.175. The first-order valence-corrected chi connectivity index (χ1v) is 5.79. The summed E-state index contributed by atoms with van der Waals surface area (Å²) in [5.74, 6) is 0.964. The molecule has 1 aliphatic rings. The Morgan fingerprint density at radius 3 is 2.36 bits per heavy atom. The number of hydrogen-bond donors (Lipinski definition) is 1. The summed E-state index contributed by atoms with van der Waals surface area (Å²) >= 11 is 0. The molecule has 2 unspecified atom stereocenters. The van der Waals surface area contributed by atoms with E-state index in [9.17, 15) is 4.79 Å². The van der Waals surface area contributed by atoms with Crippen LogP contribution in [0.2, 0.25) is 0 Å². The summed E-state index contributed by atoms with van der Waals surface area (Å²) in [5.41, 5.74) is 0. The van der Waals surface area contributed by atoms with Gasteiger partial charge in [-0.2, -0.15) is 0 Å². The van der Waals surface area contributed by atoms with E-state index < -0.39 is 0 Å². The van der Waals surface area contributed by atoms with Gasteiger partial charge in [-0.3, -0.25) is 4.79 Å². The molecule has 0 amide bonds. The second-order valence-electron chi connectivity index (χ2n) is 4.77. The Morgan fingerprint density at radius 2 is 1.86 bits per heavy atom. The quantitative estimate of drug-likeness (QED) is 0.736. The molecule has 0 radical (unpaired) electrons. The number of aliphatic hydroxyl groups is 1. The Hall–Kier alpha value is -0.370. The predicted octanol–water partition coefficient (Wildman–Crippen LogP) is 2.40. The van der Waals surface area contributed by atoms with Crippen molar-refractivity contribution >= 4 is 5.78 Å². The van der Waals surface area contributed by atoms with Crippen molar-refractivity contribution in [2.75, 3.05) is 6.61 Å². The molecule has 0 heterocycles. The van der Waals surface area contributed by atoms with Crippen molar-refractivity contribution in [2.24, 2.45) is 17.8 Å². The third-order valence-corrected chi connectivity index (χ3v) is 3.41. The average molecular weight is 198 g/mol. The molecule has 82 valence electrons. The van der Waals surface area contributed by atoms with Gasteiger partial charge in [0.1, 0.15) is 5.78 Å². The lowest BCUT2D eigenvalue weighted by Gasteiger charge is -2.17. The van der Waals surface area contributed by atoms with Crippen LogP contribution in [0.4, 0.5) is 0 Å². The maximum Gasteiger partial charge on any atom is 0.140 e. The lowest BCUT2D eigenvalue weighted by molar-refractivity contribution is -0.127. The maximum atomic E-state index is 11.7. The van der Waals surface area contributed by atoms with Gasteiger partial charge in [-0.1, -0.05) is 39.5 Å². The standard InChI is InChI=1S/C12H22O2/c1-9(12(14)10(2)8-13)7-11-5-3-4-6-11/h9-11,13H,3-8H2,1-2H3. The molecule has 1 aliphatic carbocycles. The first-order valence-electron chi connectivity index (χ1n) is 5.79. The van der Waals surface area contributed by atoms with E-state index in [4.69, 9.17) is 5.11 Å². The topological polar surface area (TPSA) is 37.3 Å². The second-order valence-corrected chi connectivity index (χ2v) is 4.77. The van der Waals surface area contributed by atoms with Gasteiger partial charge in [-0.25, -0.2) is 0 Å². The number of Topliss-reactive ketones (excluding diaryl/α,β-unsaturated/α-hetero) is 1. The van der Waals surface area contributed by atoms with Gasteiger partial charge in [0.2, 0.25) is 0 Å². The number of ketones is 1. The van der Waals surface area contributed by atoms with Crippen LogP contribution in [0.25, 0.3) is 0 Å². The second kappa shape index (κ2) is 5.50. The molecule has 1 fully saturated rings. The first-order chi connectivity index (χ1) is 6.65. The number of hydrogen-bond acceptors (Lipinski definition) is 2. The van der Waals surface area contributed by atoms with E-state index in [0.717, 1.165) is 12.3 Å². The molecule has 14 heavy (non-hydrogen) atoms. The highest BCUT2D eigenvalue weighted by atomic mass is 16.3. The molecule has 1 rings (SSSR count). The molecule has 1 N–H and O–H groups in total. The molecule has 0 saturated heterocycles. The van der Waals surface area contributed by atoms with Gasteiger partial charge in [0.25, 0.3) is 0 Å². The highest BCUT2D eigenvalue weighted by Crippen LogP contribution is 2.31. The molecule has 2 nitrogen and oxygen atoms in total. The Labute approximate surface area is 86.7 Å². The zero-order chi connectivity index (χ0) is 10.6. The van der Waals surface area contributed by atoms with Crippen LogP contribution < -0.4 is 0 Å². The third-order valence-electron chi connectivity index (χ3n) is 3.41. The van der Waals surface area contributed by atoms with Gasteiger partial charge in [-0.05, 0) is 12.3 Å². The molecule has 1 saturated carbocycles. The molecule has 0 aliphatic heterocycles. The molecule has 0 spiro atoms. The van der Waals surface area contributed by atoms with Crippen LogP contribution >= 0.6 is 0 Å². The summed E-state index contributed by atoms with van der Waals surface area (Å²) in [5, 5.41) is 8.89. The van der Waals surface area contributed by atoms with Crippen LogP contribution in [0, 0.1) is 17.8 Å². The lowest BCUT2D eigenvalue weighted by Crippen LogP contribution is -2.23.